The first-order valence-corrected chi connectivity index (χ1v) is 11.9. The van der Waals surface area contributed by atoms with Crippen molar-refractivity contribution in [1.29, 1.82) is 0 Å². The first kappa shape index (κ1) is 22.6. The van der Waals surface area contributed by atoms with Gasteiger partial charge in [-0.15, -0.1) is 0 Å². The SMILES string of the molecule is C/C=C\CCC(C)c1ccc(-c2ccc(N(c3ccccc3)c3ccc(C)cc3)cc2)cc1. The molecule has 4 aromatic rings. The summed E-state index contributed by atoms with van der Waals surface area (Å²) in [5, 5.41) is 0. The summed E-state index contributed by atoms with van der Waals surface area (Å²) in [6.45, 7) is 6.53. The van der Waals surface area contributed by atoms with E-state index in [4.69, 9.17) is 0 Å². The molecule has 0 heterocycles. The van der Waals surface area contributed by atoms with Gasteiger partial charge in [-0.1, -0.05) is 91.4 Å². The summed E-state index contributed by atoms with van der Waals surface area (Å²) >= 11 is 0. The molecule has 1 heteroatoms. The third-order valence-corrected chi connectivity index (χ3v) is 6.25. The standard InChI is InChI=1S/C32H33N/c1-4-5-7-10-26(3)27-15-17-28(18-16-27)29-19-23-32(24-20-29)33(30-11-8-6-9-12-30)31-21-13-25(2)14-22-31/h4-6,8-9,11-24,26H,7,10H2,1-3H3/b5-4-. The maximum atomic E-state index is 2.32. The number of allylic oxidation sites excluding steroid dienone is 2. The Bertz CT molecular complexity index is 1150. The number of aryl methyl sites for hydroxylation is 1. The van der Waals surface area contributed by atoms with Crippen molar-refractivity contribution in [2.45, 2.75) is 39.5 Å². The van der Waals surface area contributed by atoms with Crippen LogP contribution in [0.5, 0.6) is 0 Å². The summed E-state index contributed by atoms with van der Waals surface area (Å²) in [6.07, 6.45) is 6.71. The Kier molecular flexibility index (Phi) is 7.42. The largest absolute Gasteiger partial charge is 0.311 e. The van der Waals surface area contributed by atoms with Gasteiger partial charge < -0.3 is 4.90 Å². The minimum absolute atomic E-state index is 0.576. The topological polar surface area (TPSA) is 3.24 Å². The van der Waals surface area contributed by atoms with E-state index in [0.717, 1.165) is 23.5 Å². The van der Waals surface area contributed by atoms with E-state index in [9.17, 15) is 0 Å². The molecule has 33 heavy (non-hydrogen) atoms. The van der Waals surface area contributed by atoms with Crippen molar-refractivity contribution in [3.05, 3.63) is 126 Å². The van der Waals surface area contributed by atoms with Crippen LogP contribution in [0.15, 0.2) is 115 Å². The average Bonchev–Trinajstić information content (AvgIpc) is 2.87. The minimum Gasteiger partial charge on any atom is -0.311 e. The summed E-state index contributed by atoms with van der Waals surface area (Å²) in [7, 11) is 0. The predicted octanol–water partition coefficient (Wildman–Crippen LogP) is 9.59. The quantitative estimate of drug-likeness (QED) is 0.251. The van der Waals surface area contributed by atoms with Crippen LogP contribution < -0.4 is 4.90 Å². The van der Waals surface area contributed by atoms with Gasteiger partial charge >= 0.3 is 0 Å². The zero-order chi connectivity index (χ0) is 23.0. The Labute approximate surface area is 199 Å². The van der Waals surface area contributed by atoms with E-state index >= 15 is 0 Å². The van der Waals surface area contributed by atoms with Crippen LogP contribution in [0.25, 0.3) is 11.1 Å². The molecule has 0 aliphatic rings. The first-order chi connectivity index (χ1) is 16.2. The maximum Gasteiger partial charge on any atom is 0.0462 e. The van der Waals surface area contributed by atoms with Gasteiger partial charge in [0.05, 0.1) is 0 Å². The Morgan fingerprint density at radius 3 is 1.76 bits per heavy atom. The Morgan fingerprint density at radius 2 is 1.18 bits per heavy atom. The molecule has 166 valence electrons. The molecule has 0 aliphatic carbocycles. The van der Waals surface area contributed by atoms with Gasteiger partial charge in [0.25, 0.3) is 0 Å². The molecule has 1 nitrogen and oxygen atoms in total. The fourth-order valence-corrected chi connectivity index (χ4v) is 4.20. The second-order valence-corrected chi connectivity index (χ2v) is 8.72. The van der Waals surface area contributed by atoms with E-state index in [-0.39, 0.29) is 0 Å². The van der Waals surface area contributed by atoms with Gasteiger partial charge in [0.1, 0.15) is 0 Å². The van der Waals surface area contributed by atoms with E-state index in [2.05, 4.69) is 141 Å². The van der Waals surface area contributed by atoms with E-state index in [1.807, 2.05) is 0 Å². The van der Waals surface area contributed by atoms with Crippen molar-refractivity contribution in [3.63, 3.8) is 0 Å². The van der Waals surface area contributed by atoms with Gasteiger partial charge in [0.2, 0.25) is 0 Å². The number of hydrogen-bond donors (Lipinski definition) is 0. The van der Waals surface area contributed by atoms with Crippen LogP contribution in [-0.4, -0.2) is 0 Å². The summed E-state index contributed by atoms with van der Waals surface area (Å²) in [4.78, 5) is 2.30. The molecule has 0 spiro atoms. The van der Waals surface area contributed by atoms with Gasteiger partial charge in [-0.25, -0.2) is 0 Å². The molecule has 0 N–H and O–H groups in total. The number of hydrogen-bond acceptors (Lipinski definition) is 1. The molecular weight excluding hydrogens is 398 g/mol. The zero-order valence-electron chi connectivity index (χ0n) is 19.9. The second-order valence-electron chi connectivity index (χ2n) is 8.72. The second kappa shape index (κ2) is 10.8. The molecule has 0 aromatic heterocycles. The van der Waals surface area contributed by atoms with Crippen LogP contribution in [0.4, 0.5) is 17.1 Å². The molecule has 0 fully saturated rings. The fraction of sp³-hybridized carbons (Fsp3) is 0.188. The molecule has 1 unspecified atom stereocenters. The number of anilines is 3. The molecule has 0 saturated heterocycles. The van der Waals surface area contributed by atoms with Gasteiger partial charge in [0, 0.05) is 17.1 Å². The van der Waals surface area contributed by atoms with Crippen molar-refractivity contribution in [2.24, 2.45) is 0 Å². The highest BCUT2D eigenvalue weighted by Gasteiger charge is 2.12. The first-order valence-electron chi connectivity index (χ1n) is 11.9. The number of nitrogens with zero attached hydrogens (tertiary/aromatic N) is 1. The lowest BCUT2D eigenvalue weighted by molar-refractivity contribution is 0.690. The van der Waals surface area contributed by atoms with Crippen molar-refractivity contribution >= 4 is 17.1 Å². The van der Waals surface area contributed by atoms with Crippen molar-refractivity contribution in [1.82, 2.24) is 0 Å². The van der Waals surface area contributed by atoms with Gasteiger partial charge in [-0.05, 0) is 85.7 Å². The number of benzene rings is 4. The molecule has 0 amide bonds. The van der Waals surface area contributed by atoms with Crippen LogP contribution in [0.3, 0.4) is 0 Å². The molecule has 1 atom stereocenters. The molecular formula is C32H33N. The summed E-state index contributed by atoms with van der Waals surface area (Å²) in [5.41, 5.74) is 8.65. The molecule has 0 aliphatic heterocycles. The third kappa shape index (κ3) is 5.62. The Morgan fingerprint density at radius 1 is 0.667 bits per heavy atom. The maximum absolute atomic E-state index is 2.32. The van der Waals surface area contributed by atoms with Crippen LogP contribution >= 0.6 is 0 Å². The van der Waals surface area contributed by atoms with Crippen molar-refractivity contribution in [3.8, 4) is 11.1 Å². The highest BCUT2D eigenvalue weighted by molar-refractivity contribution is 5.78. The molecule has 0 radical (unpaired) electrons. The van der Waals surface area contributed by atoms with Crippen LogP contribution in [-0.2, 0) is 0 Å². The summed E-state index contributed by atoms with van der Waals surface area (Å²) in [6, 6.07) is 37.2. The monoisotopic (exact) mass is 431 g/mol. The predicted molar refractivity (Wildman–Crippen MR) is 144 cm³/mol. The van der Waals surface area contributed by atoms with E-state index in [1.165, 1.54) is 28.7 Å². The number of rotatable bonds is 8. The van der Waals surface area contributed by atoms with Gasteiger partial charge in [-0.2, -0.15) is 0 Å². The highest BCUT2D eigenvalue weighted by Crippen LogP contribution is 2.35. The molecule has 0 bridgehead atoms. The van der Waals surface area contributed by atoms with E-state index in [1.54, 1.807) is 0 Å². The summed E-state index contributed by atoms with van der Waals surface area (Å²) in [5.74, 6) is 0.576. The summed E-state index contributed by atoms with van der Waals surface area (Å²) < 4.78 is 0. The smallest absolute Gasteiger partial charge is 0.0462 e. The van der Waals surface area contributed by atoms with Gasteiger partial charge in [-0.3, -0.25) is 0 Å². The number of para-hydroxylation sites is 1. The Hall–Kier alpha value is -3.58. The van der Waals surface area contributed by atoms with Crippen molar-refractivity contribution in [2.75, 3.05) is 4.90 Å². The fourth-order valence-electron chi connectivity index (χ4n) is 4.20. The van der Waals surface area contributed by atoms with Gasteiger partial charge in [0.15, 0.2) is 0 Å². The lowest BCUT2D eigenvalue weighted by atomic mass is 9.94. The lowest BCUT2D eigenvalue weighted by Crippen LogP contribution is -2.09. The molecule has 4 rings (SSSR count). The molecule has 0 saturated carbocycles. The average molecular weight is 432 g/mol. The highest BCUT2D eigenvalue weighted by atomic mass is 15.1. The van der Waals surface area contributed by atoms with Crippen molar-refractivity contribution < 1.29 is 0 Å². The molecule has 4 aromatic carbocycles. The Balaban J connectivity index is 1.57. The van der Waals surface area contributed by atoms with Crippen LogP contribution in [0.1, 0.15) is 43.7 Å². The van der Waals surface area contributed by atoms with E-state index < -0.39 is 0 Å². The minimum atomic E-state index is 0.576. The van der Waals surface area contributed by atoms with E-state index in [0.29, 0.717) is 5.92 Å². The lowest BCUT2D eigenvalue weighted by Gasteiger charge is -2.25. The third-order valence-electron chi connectivity index (χ3n) is 6.25. The normalized spacial score (nSPS) is 12.1. The zero-order valence-corrected chi connectivity index (χ0v) is 19.9. The van der Waals surface area contributed by atoms with Crippen LogP contribution in [0.2, 0.25) is 0 Å². The van der Waals surface area contributed by atoms with Crippen LogP contribution in [0, 0.1) is 6.92 Å².